The Morgan fingerprint density at radius 2 is 1.41 bits per heavy atom. The van der Waals surface area contributed by atoms with Crippen molar-refractivity contribution in [3.63, 3.8) is 0 Å². The highest BCUT2D eigenvalue weighted by molar-refractivity contribution is 5.92. The average Bonchev–Trinajstić information content (AvgIpc) is 2.83. The summed E-state index contributed by atoms with van der Waals surface area (Å²) in [6.07, 6.45) is 0.203. The van der Waals surface area contributed by atoms with E-state index in [0.29, 0.717) is 0 Å². The normalized spacial score (nSPS) is 15.1. The van der Waals surface area contributed by atoms with Crippen molar-refractivity contribution < 1.29 is 49.2 Å². The molecule has 0 aliphatic heterocycles. The number of hydrogen-bond acceptors (Lipinski definition) is 11. The third-order valence-electron chi connectivity index (χ3n) is 4.53. The fourth-order valence-corrected chi connectivity index (χ4v) is 2.33. The molecule has 4 amide bonds. The smallest absolute Gasteiger partial charge is 0.245 e. The molecule has 0 heterocycles. The van der Waals surface area contributed by atoms with Crippen LogP contribution in [0.4, 0.5) is 0 Å². The van der Waals surface area contributed by atoms with Crippen LogP contribution in [0.25, 0.3) is 0 Å². The van der Waals surface area contributed by atoms with E-state index in [9.17, 15) is 44.1 Å². The van der Waals surface area contributed by atoms with Gasteiger partial charge in [-0.2, -0.15) is 0 Å². The van der Waals surface area contributed by atoms with Gasteiger partial charge in [0.25, 0.3) is 0 Å². The molecule has 0 rings (SSSR count). The number of aliphatic hydroxyl groups excluding tert-OH is 4. The fraction of sp³-hybridized carbons (Fsp3) is 0.684. The quantitative estimate of drug-likeness (QED) is 0.0867. The minimum atomic E-state index is -1.92. The Kier molecular flexibility index (Phi) is 14.4. The Morgan fingerprint density at radius 3 is 1.88 bits per heavy atom. The molecule has 34 heavy (non-hydrogen) atoms. The summed E-state index contributed by atoms with van der Waals surface area (Å²) in [5.74, 6) is -4.45. The van der Waals surface area contributed by atoms with Crippen molar-refractivity contribution in [3.05, 3.63) is 0 Å². The number of nitrogens with one attached hydrogen (secondary N) is 5. The third kappa shape index (κ3) is 10.8. The van der Waals surface area contributed by atoms with Crippen LogP contribution < -0.4 is 26.6 Å². The molecule has 0 fully saturated rings. The molecule has 0 aromatic heterocycles. The van der Waals surface area contributed by atoms with Crippen molar-refractivity contribution >= 4 is 35.7 Å². The number of hydrogen-bond donors (Lipinski definition) is 9. The molecule has 0 saturated carbocycles. The van der Waals surface area contributed by atoms with Gasteiger partial charge in [0.1, 0.15) is 29.7 Å². The van der Waals surface area contributed by atoms with Crippen molar-refractivity contribution in [1.82, 2.24) is 26.6 Å². The van der Waals surface area contributed by atoms with Crippen molar-refractivity contribution in [2.45, 2.75) is 31.5 Å². The highest BCUT2D eigenvalue weighted by Gasteiger charge is 2.33. The third-order valence-corrected chi connectivity index (χ3v) is 4.53. The zero-order valence-electron chi connectivity index (χ0n) is 19.0. The number of amides is 4. The zero-order chi connectivity index (χ0) is 26.3. The fourth-order valence-electron chi connectivity index (χ4n) is 2.33. The van der Waals surface area contributed by atoms with Gasteiger partial charge in [-0.1, -0.05) is 6.92 Å². The predicted molar refractivity (Wildman–Crippen MR) is 115 cm³/mol. The standard InChI is InChI=1S/C19H33N5O10/c1-11(5-25)16(32)23-14(7-27)18(34)21-4-15(31)24-19(9-28,10-29)8-22-13(6-26)17(33)20-3-12(2)30/h9,11,13-14,22,25-27,29H,3-8,10H2,1-2H3,(H,20,33)(H,21,34)(H,23,32)(H,24,31). The van der Waals surface area contributed by atoms with E-state index in [1.807, 2.05) is 0 Å². The van der Waals surface area contributed by atoms with Gasteiger partial charge in [-0.25, -0.2) is 0 Å². The lowest BCUT2D eigenvalue weighted by molar-refractivity contribution is -0.133. The maximum atomic E-state index is 12.2. The van der Waals surface area contributed by atoms with E-state index in [1.165, 1.54) is 13.8 Å². The van der Waals surface area contributed by atoms with E-state index in [0.717, 1.165) is 0 Å². The lowest BCUT2D eigenvalue weighted by Gasteiger charge is -2.29. The molecular weight excluding hydrogens is 458 g/mol. The Hall–Kier alpha value is -2.98. The van der Waals surface area contributed by atoms with Crippen LogP contribution in [0.2, 0.25) is 0 Å². The largest absolute Gasteiger partial charge is 0.396 e. The maximum Gasteiger partial charge on any atom is 0.245 e. The Morgan fingerprint density at radius 1 is 0.853 bits per heavy atom. The van der Waals surface area contributed by atoms with Crippen LogP contribution in [-0.4, -0.2) is 120 Å². The maximum absolute atomic E-state index is 12.2. The van der Waals surface area contributed by atoms with Crippen LogP contribution in [0.1, 0.15) is 13.8 Å². The first-order chi connectivity index (χ1) is 16.0. The minimum Gasteiger partial charge on any atom is -0.396 e. The minimum absolute atomic E-state index is 0.203. The van der Waals surface area contributed by atoms with Crippen molar-refractivity contribution in [3.8, 4) is 0 Å². The number of carbonyl (C=O) groups excluding carboxylic acids is 6. The predicted octanol–water partition coefficient (Wildman–Crippen LogP) is -6.09. The van der Waals surface area contributed by atoms with E-state index >= 15 is 0 Å². The second kappa shape index (κ2) is 15.8. The molecule has 0 aromatic rings. The molecule has 0 saturated heterocycles. The first kappa shape index (κ1) is 31.0. The van der Waals surface area contributed by atoms with Gasteiger partial charge in [0.15, 0.2) is 0 Å². The van der Waals surface area contributed by atoms with E-state index in [2.05, 4.69) is 26.6 Å². The van der Waals surface area contributed by atoms with Gasteiger partial charge >= 0.3 is 0 Å². The monoisotopic (exact) mass is 491 g/mol. The number of ketones is 1. The average molecular weight is 491 g/mol. The second-order valence-electron chi connectivity index (χ2n) is 7.56. The van der Waals surface area contributed by atoms with E-state index in [-0.39, 0.29) is 18.6 Å². The highest BCUT2D eigenvalue weighted by atomic mass is 16.3. The first-order valence-corrected chi connectivity index (χ1v) is 10.3. The summed E-state index contributed by atoms with van der Waals surface area (Å²) in [5.41, 5.74) is -1.92. The van der Waals surface area contributed by atoms with Crippen LogP contribution in [-0.2, 0) is 28.8 Å². The van der Waals surface area contributed by atoms with Gasteiger partial charge in [0.05, 0.1) is 45.4 Å². The Balaban J connectivity index is 4.94. The van der Waals surface area contributed by atoms with Gasteiger partial charge in [-0.3, -0.25) is 24.0 Å². The molecule has 0 aromatic carbocycles. The van der Waals surface area contributed by atoms with E-state index in [1.54, 1.807) is 0 Å². The summed E-state index contributed by atoms with van der Waals surface area (Å²) in [6.45, 7) is -1.70. The SMILES string of the molecule is CC(=O)CNC(=O)C(CO)NCC(C=O)(CO)NC(=O)CNC(=O)C(CO)NC(=O)C(C)CO. The number of rotatable bonds is 17. The molecule has 15 heteroatoms. The number of aliphatic hydroxyl groups is 4. The van der Waals surface area contributed by atoms with Gasteiger partial charge in [0, 0.05) is 6.54 Å². The van der Waals surface area contributed by atoms with Crippen LogP contribution in [0, 0.1) is 5.92 Å². The molecule has 9 N–H and O–H groups in total. The number of carbonyl (C=O) groups is 6. The highest BCUT2D eigenvalue weighted by Crippen LogP contribution is 2.00. The molecule has 194 valence electrons. The van der Waals surface area contributed by atoms with Crippen molar-refractivity contribution in [2.75, 3.05) is 46.1 Å². The van der Waals surface area contributed by atoms with Crippen LogP contribution in [0.5, 0.6) is 0 Å². The van der Waals surface area contributed by atoms with Gasteiger partial charge in [-0.05, 0) is 6.92 Å². The van der Waals surface area contributed by atoms with Gasteiger partial charge < -0.3 is 51.8 Å². The number of Topliss-reactive ketones (excluding diaryl/α,β-unsaturated/α-hetero) is 1. The lowest BCUT2D eigenvalue weighted by atomic mass is 10.0. The zero-order valence-corrected chi connectivity index (χ0v) is 19.0. The molecule has 0 spiro atoms. The molecule has 4 atom stereocenters. The lowest BCUT2D eigenvalue weighted by Crippen LogP contribution is -2.63. The molecule has 0 bridgehead atoms. The van der Waals surface area contributed by atoms with Crippen LogP contribution >= 0.6 is 0 Å². The van der Waals surface area contributed by atoms with Crippen LogP contribution in [0.15, 0.2) is 0 Å². The van der Waals surface area contributed by atoms with Gasteiger partial charge in [-0.15, -0.1) is 0 Å². The molecule has 4 unspecified atom stereocenters. The summed E-state index contributed by atoms with van der Waals surface area (Å²) in [6, 6.07) is -2.65. The number of aldehydes is 1. The first-order valence-electron chi connectivity index (χ1n) is 10.3. The van der Waals surface area contributed by atoms with E-state index < -0.39 is 86.7 Å². The molecule has 0 radical (unpaired) electrons. The topological polar surface area (TPSA) is 243 Å². The Labute approximate surface area is 195 Å². The molecular formula is C19H33N5O10. The van der Waals surface area contributed by atoms with Crippen molar-refractivity contribution in [1.29, 1.82) is 0 Å². The Bertz CT molecular complexity index is 734. The van der Waals surface area contributed by atoms with E-state index in [4.69, 9.17) is 5.11 Å². The summed E-state index contributed by atoms with van der Waals surface area (Å²) in [5, 5.41) is 48.5. The molecule has 0 aliphatic carbocycles. The van der Waals surface area contributed by atoms with Crippen LogP contribution in [0.3, 0.4) is 0 Å². The van der Waals surface area contributed by atoms with Crippen molar-refractivity contribution in [2.24, 2.45) is 5.92 Å². The summed E-state index contributed by atoms with van der Waals surface area (Å²) < 4.78 is 0. The summed E-state index contributed by atoms with van der Waals surface area (Å²) >= 11 is 0. The second-order valence-corrected chi connectivity index (χ2v) is 7.56. The molecule has 0 aliphatic rings. The summed E-state index contributed by atoms with van der Waals surface area (Å²) in [7, 11) is 0. The molecule has 15 nitrogen and oxygen atoms in total. The van der Waals surface area contributed by atoms with Gasteiger partial charge in [0.2, 0.25) is 23.6 Å². The summed E-state index contributed by atoms with van der Waals surface area (Å²) in [4.78, 5) is 70.6.